The van der Waals surface area contributed by atoms with Crippen LogP contribution in [0.3, 0.4) is 0 Å². The highest BCUT2D eigenvalue weighted by Gasteiger charge is 2.22. The Morgan fingerprint density at radius 2 is 0.962 bits per heavy atom. The number of fused-ring (bicyclic) bond motifs is 1. The minimum atomic E-state index is 0.355. The van der Waals surface area contributed by atoms with Crippen molar-refractivity contribution in [3.05, 3.63) is 206 Å². The van der Waals surface area contributed by atoms with Crippen LogP contribution in [0.5, 0.6) is 0 Å². The van der Waals surface area contributed by atoms with E-state index in [0.717, 1.165) is 51.3 Å². The van der Waals surface area contributed by atoms with Gasteiger partial charge in [0.15, 0.2) is 0 Å². The van der Waals surface area contributed by atoms with Gasteiger partial charge in [0.1, 0.15) is 0 Å². The lowest BCUT2D eigenvalue weighted by Gasteiger charge is -2.25. The Kier molecular flexibility index (Phi) is 8.32. The number of para-hydroxylation sites is 2. The van der Waals surface area contributed by atoms with Gasteiger partial charge in [0.25, 0.3) is 0 Å². The highest BCUT2D eigenvalue weighted by atomic mass is 16.4. The van der Waals surface area contributed by atoms with Gasteiger partial charge in [0, 0.05) is 34.1 Å². The number of anilines is 3. The van der Waals surface area contributed by atoms with E-state index >= 15 is 0 Å². The summed E-state index contributed by atoms with van der Waals surface area (Å²) in [5, 5.41) is 8.87. The molecule has 2 aliphatic carbocycles. The zero-order chi connectivity index (χ0) is 34.7. The number of nitrogens with zero attached hydrogens (tertiary/aromatic N) is 3. The molecule has 9 rings (SSSR count). The molecule has 1 unspecified atom stereocenters. The molecule has 6 aromatic carbocycles. The van der Waals surface area contributed by atoms with Crippen LogP contribution in [0.15, 0.2) is 204 Å². The average Bonchev–Trinajstić information content (AvgIpc) is 3.72. The largest absolute Gasteiger partial charge is 0.416 e. The number of benzene rings is 6. The van der Waals surface area contributed by atoms with Gasteiger partial charge in [-0.2, -0.15) is 0 Å². The summed E-state index contributed by atoms with van der Waals surface area (Å²) >= 11 is 0. The molecule has 4 nitrogen and oxygen atoms in total. The van der Waals surface area contributed by atoms with Crippen LogP contribution in [0.4, 0.5) is 17.1 Å². The zero-order valence-electron chi connectivity index (χ0n) is 28.5. The molecule has 1 heterocycles. The normalized spacial score (nSPS) is 14.7. The Morgan fingerprint density at radius 3 is 1.58 bits per heavy atom. The number of allylic oxidation sites excluding steroid dienone is 8. The van der Waals surface area contributed by atoms with Gasteiger partial charge in [0.05, 0.1) is 0 Å². The van der Waals surface area contributed by atoms with Crippen LogP contribution in [0.25, 0.3) is 50.4 Å². The van der Waals surface area contributed by atoms with E-state index in [1.165, 1.54) is 22.3 Å². The second-order valence-electron chi connectivity index (χ2n) is 13.0. The molecule has 0 aliphatic heterocycles. The van der Waals surface area contributed by atoms with Crippen molar-refractivity contribution >= 4 is 22.6 Å². The molecule has 1 atom stereocenters. The van der Waals surface area contributed by atoms with E-state index in [1.807, 2.05) is 0 Å². The standard InChI is InChI=1S/C48H35N3O/c1-3-16-38(17-4-1)51(39-18-5-2-6-19-39)40-32-30-36(31-33-40)42-21-10-12-24-45(42)44-23-11-9-20-41(44)35-26-28-37(29-27-35)47-49-50-48(52-47)46-25-13-15-34-14-7-8-22-43(34)46/h1-14,16-34H,15H2. The summed E-state index contributed by atoms with van der Waals surface area (Å²) in [4.78, 5) is 2.29. The first-order valence-corrected chi connectivity index (χ1v) is 17.7. The van der Waals surface area contributed by atoms with Crippen LogP contribution < -0.4 is 4.90 Å². The van der Waals surface area contributed by atoms with E-state index in [4.69, 9.17) is 4.42 Å². The van der Waals surface area contributed by atoms with E-state index in [-0.39, 0.29) is 0 Å². The van der Waals surface area contributed by atoms with Crippen LogP contribution in [-0.4, -0.2) is 10.2 Å². The van der Waals surface area contributed by atoms with E-state index in [9.17, 15) is 0 Å². The third-order valence-corrected chi connectivity index (χ3v) is 9.82. The van der Waals surface area contributed by atoms with E-state index in [0.29, 0.717) is 17.7 Å². The van der Waals surface area contributed by atoms with Crippen LogP contribution >= 0.6 is 0 Å². The Bertz CT molecular complexity index is 2430. The summed E-state index contributed by atoms with van der Waals surface area (Å²) in [6.45, 7) is 0. The zero-order valence-corrected chi connectivity index (χ0v) is 28.5. The molecule has 248 valence electrons. The number of hydrogen-bond donors (Lipinski definition) is 0. The van der Waals surface area contributed by atoms with Crippen molar-refractivity contribution in [1.29, 1.82) is 0 Å². The minimum absolute atomic E-state index is 0.355. The number of aromatic nitrogens is 2. The summed E-state index contributed by atoms with van der Waals surface area (Å²) < 4.78 is 6.24. The first-order chi connectivity index (χ1) is 25.8. The number of rotatable bonds is 8. The fourth-order valence-corrected chi connectivity index (χ4v) is 7.28. The molecule has 2 aliphatic rings. The Hall–Kier alpha value is -6.78. The van der Waals surface area contributed by atoms with E-state index in [1.54, 1.807) is 0 Å². The van der Waals surface area contributed by atoms with Gasteiger partial charge in [-0.05, 0) is 93.9 Å². The first-order valence-electron chi connectivity index (χ1n) is 17.7. The van der Waals surface area contributed by atoms with Crippen molar-refractivity contribution in [1.82, 2.24) is 10.2 Å². The maximum Gasteiger partial charge on any atom is 0.248 e. The molecular weight excluding hydrogens is 635 g/mol. The first kappa shape index (κ1) is 31.2. The van der Waals surface area contributed by atoms with Gasteiger partial charge < -0.3 is 9.32 Å². The fraction of sp³-hybridized carbons (Fsp3) is 0.0417. The Labute approximate surface area is 304 Å². The highest BCUT2D eigenvalue weighted by molar-refractivity contribution is 5.92. The Morgan fingerprint density at radius 1 is 0.462 bits per heavy atom. The summed E-state index contributed by atoms with van der Waals surface area (Å²) in [6, 6.07) is 55.6. The fourth-order valence-electron chi connectivity index (χ4n) is 7.28. The molecular formula is C48H35N3O. The van der Waals surface area contributed by atoms with Crippen LogP contribution in [0.1, 0.15) is 12.3 Å². The maximum absolute atomic E-state index is 6.24. The van der Waals surface area contributed by atoms with Crippen molar-refractivity contribution in [2.24, 2.45) is 5.92 Å². The van der Waals surface area contributed by atoms with Gasteiger partial charge in [-0.25, -0.2) is 0 Å². The molecule has 0 N–H and O–H groups in total. The molecule has 0 radical (unpaired) electrons. The molecule has 0 saturated carbocycles. The van der Waals surface area contributed by atoms with Crippen LogP contribution in [0, 0.1) is 5.92 Å². The van der Waals surface area contributed by atoms with Crippen molar-refractivity contribution in [2.75, 3.05) is 4.90 Å². The monoisotopic (exact) mass is 669 g/mol. The lowest BCUT2D eigenvalue weighted by atomic mass is 9.84. The van der Waals surface area contributed by atoms with Gasteiger partial charge >= 0.3 is 0 Å². The van der Waals surface area contributed by atoms with Crippen molar-refractivity contribution in [3.63, 3.8) is 0 Å². The van der Waals surface area contributed by atoms with Crippen molar-refractivity contribution in [2.45, 2.75) is 6.42 Å². The molecule has 7 aromatic rings. The van der Waals surface area contributed by atoms with Crippen molar-refractivity contribution < 1.29 is 4.42 Å². The second kappa shape index (κ2) is 13.9. The molecule has 0 spiro atoms. The molecule has 1 aromatic heterocycles. The number of hydrogen-bond acceptors (Lipinski definition) is 4. The van der Waals surface area contributed by atoms with Gasteiger partial charge in [-0.1, -0.05) is 146 Å². The molecule has 0 fully saturated rings. The quantitative estimate of drug-likeness (QED) is 0.161. The SMILES string of the molecule is C1=CC2=C(c3nnc(-c4ccc(-c5ccccc5-c5ccccc5-c5ccc(N(c6ccccc6)c6ccccc6)cc5)cc4)o3)C=CCC2C=C1. The van der Waals surface area contributed by atoms with Crippen LogP contribution in [0.2, 0.25) is 0 Å². The van der Waals surface area contributed by atoms with E-state index < -0.39 is 0 Å². The summed E-state index contributed by atoms with van der Waals surface area (Å²) in [5.74, 6) is 1.42. The average molecular weight is 670 g/mol. The molecule has 0 amide bonds. The summed E-state index contributed by atoms with van der Waals surface area (Å²) in [5.41, 5.74) is 13.4. The predicted octanol–water partition coefficient (Wildman–Crippen LogP) is 12.7. The van der Waals surface area contributed by atoms with Gasteiger partial charge in [-0.3, -0.25) is 0 Å². The van der Waals surface area contributed by atoms with E-state index in [2.05, 4.69) is 209 Å². The molecule has 52 heavy (non-hydrogen) atoms. The topological polar surface area (TPSA) is 42.2 Å². The van der Waals surface area contributed by atoms with Gasteiger partial charge in [0.2, 0.25) is 11.8 Å². The smallest absolute Gasteiger partial charge is 0.248 e. The highest BCUT2D eigenvalue weighted by Crippen LogP contribution is 2.41. The minimum Gasteiger partial charge on any atom is -0.416 e. The molecule has 4 heteroatoms. The summed E-state index contributed by atoms with van der Waals surface area (Å²) in [6.07, 6.45) is 13.8. The van der Waals surface area contributed by atoms with Crippen LogP contribution in [-0.2, 0) is 0 Å². The maximum atomic E-state index is 6.24. The molecule has 0 bridgehead atoms. The van der Waals surface area contributed by atoms with Gasteiger partial charge in [-0.15, -0.1) is 10.2 Å². The summed E-state index contributed by atoms with van der Waals surface area (Å²) in [7, 11) is 0. The van der Waals surface area contributed by atoms with Crippen molar-refractivity contribution in [3.8, 4) is 44.8 Å². The molecule has 0 saturated heterocycles. The lowest BCUT2D eigenvalue weighted by Crippen LogP contribution is -2.09. The third kappa shape index (κ3) is 6.01. The third-order valence-electron chi connectivity index (χ3n) is 9.82. The predicted molar refractivity (Wildman–Crippen MR) is 213 cm³/mol. The Balaban J connectivity index is 1.02. The second-order valence-corrected chi connectivity index (χ2v) is 13.0. The lowest BCUT2D eigenvalue weighted by molar-refractivity contribution is 0.552.